The van der Waals surface area contributed by atoms with Crippen LogP contribution < -0.4 is 26.0 Å². The van der Waals surface area contributed by atoms with Gasteiger partial charge in [0.15, 0.2) is 12.7 Å². The van der Waals surface area contributed by atoms with Crippen LogP contribution in [0.15, 0.2) is 57.7 Å². The fourth-order valence-electron chi connectivity index (χ4n) is 2.61. The van der Waals surface area contributed by atoms with Crippen molar-refractivity contribution in [2.24, 2.45) is 0 Å². The molecule has 0 aliphatic rings. The predicted molar refractivity (Wildman–Crippen MR) is 105 cm³/mol. The first-order chi connectivity index (χ1) is 14.3. The zero-order valence-electron chi connectivity index (χ0n) is 16.2. The van der Waals surface area contributed by atoms with E-state index in [4.69, 9.17) is 13.9 Å². The molecule has 3 rings (SSSR count). The van der Waals surface area contributed by atoms with E-state index < -0.39 is 36.0 Å². The number of benzene rings is 2. The summed E-state index contributed by atoms with van der Waals surface area (Å²) in [6.07, 6.45) is -0.955. The third kappa shape index (κ3) is 5.34. The number of amides is 2. The minimum absolute atomic E-state index is 0.186. The fraction of sp³-hybridized carbons (Fsp3) is 0.190. The molecule has 8 nitrogen and oxygen atoms in total. The van der Waals surface area contributed by atoms with E-state index in [1.54, 1.807) is 19.1 Å². The molecule has 0 unspecified atom stereocenters. The fourth-order valence-corrected chi connectivity index (χ4v) is 2.61. The van der Waals surface area contributed by atoms with E-state index >= 15 is 0 Å². The third-order valence-corrected chi connectivity index (χ3v) is 4.10. The highest BCUT2D eigenvalue weighted by molar-refractivity contribution is 5.85. The molecule has 0 saturated heterocycles. The molecule has 0 spiro atoms. The van der Waals surface area contributed by atoms with Gasteiger partial charge in [-0.1, -0.05) is 6.07 Å². The van der Waals surface area contributed by atoms with E-state index in [0.717, 1.165) is 17.0 Å². The predicted octanol–water partition coefficient (Wildman–Crippen LogP) is 2.23. The monoisotopic (exact) mass is 414 g/mol. The Morgan fingerprint density at radius 2 is 1.90 bits per heavy atom. The molecule has 2 aromatic carbocycles. The first-order valence-electron chi connectivity index (χ1n) is 9.00. The van der Waals surface area contributed by atoms with Crippen LogP contribution in [0.3, 0.4) is 0 Å². The molecule has 9 heteroatoms. The van der Waals surface area contributed by atoms with Gasteiger partial charge >= 0.3 is 5.63 Å². The maximum Gasteiger partial charge on any atom is 0.336 e. The topological polar surface area (TPSA) is 107 Å². The number of hydrogen-bond acceptors (Lipinski definition) is 6. The molecular formula is C21H19FN2O6. The second-order valence-corrected chi connectivity index (χ2v) is 6.45. The lowest BCUT2D eigenvalue weighted by Crippen LogP contribution is -2.48. The number of nitrogens with one attached hydrogen (secondary N) is 2. The van der Waals surface area contributed by atoms with Crippen LogP contribution in [0.2, 0.25) is 0 Å². The Morgan fingerprint density at radius 1 is 1.10 bits per heavy atom. The molecule has 0 aliphatic carbocycles. The molecule has 2 N–H and O–H groups in total. The first kappa shape index (κ1) is 20.8. The molecular weight excluding hydrogens is 395 g/mol. The van der Waals surface area contributed by atoms with Crippen LogP contribution in [0.4, 0.5) is 4.39 Å². The zero-order valence-corrected chi connectivity index (χ0v) is 16.2. The van der Waals surface area contributed by atoms with Crippen molar-refractivity contribution in [1.29, 1.82) is 0 Å². The highest BCUT2D eigenvalue weighted by atomic mass is 19.1. The Labute approximate surface area is 170 Å². The lowest BCUT2D eigenvalue weighted by atomic mass is 10.1. The minimum Gasteiger partial charge on any atom is -0.484 e. The van der Waals surface area contributed by atoms with Gasteiger partial charge in [0, 0.05) is 23.6 Å². The summed E-state index contributed by atoms with van der Waals surface area (Å²) in [5.41, 5.74) is 5.02. The van der Waals surface area contributed by atoms with Gasteiger partial charge < -0.3 is 13.9 Å². The van der Waals surface area contributed by atoms with Gasteiger partial charge in [-0.2, -0.15) is 0 Å². The summed E-state index contributed by atoms with van der Waals surface area (Å²) in [4.78, 5) is 35.4. The Bertz CT molecular complexity index is 1140. The summed E-state index contributed by atoms with van der Waals surface area (Å²) in [7, 11) is 0. The number of rotatable bonds is 6. The van der Waals surface area contributed by atoms with Gasteiger partial charge in [0.05, 0.1) is 0 Å². The summed E-state index contributed by atoms with van der Waals surface area (Å²) >= 11 is 0. The van der Waals surface area contributed by atoms with E-state index in [0.29, 0.717) is 11.3 Å². The summed E-state index contributed by atoms with van der Waals surface area (Å²) in [5.74, 6) is -1.23. The Hall–Kier alpha value is -3.88. The van der Waals surface area contributed by atoms with Crippen molar-refractivity contribution >= 4 is 22.8 Å². The molecule has 1 aromatic heterocycles. The van der Waals surface area contributed by atoms with Gasteiger partial charge in [-0.25, -0.2) is 9.18 Å². The molecule has 0 bridgehead atoms. The number of hydrogen-bond donors (Lipinski definition) is 2. The Kier molecular flexibility index (Phi) is 6.31. The van der Waals surface area contributed by atoms with Gasteiger partial charge in [-0.15, -0.1) is 0 Å². The quantitative estimate of drug-likeness (QED) is 0.473. The highest BCUT2D eigenvalue weighted by Gasteiger charge is 2.16. The van der Waals surface area contributed by atoms with Crippen LogP contribution in [0.1, 0.15) is 12.5 Å². The number of carbonyl (C=O) groups excluding carboxylic acids is 2. The van der Waals surface area contributed by atoms with Crippen LogP contribution in [0.25, 0.3) is 11.0 Å². The van der Waals surface area contributed by atoms with Crippen molar-refractivity contribution in [2.45, 2.75) is 20.0 Å². The Morgan fingerprint density at radius 3 is 2.67 bits per heavy atom. The number of halogens is 1. The van der Waals surface area contributed by atoms with E-state index in [2.05, 4.69) is 10.9 Å². The summed E-state index contributed by atoms with van der Waals surface area (Å²) < 4.78 is 28.9. The highest BCUT2D eigenvalue weighted by Crippen LogP contribution is 2.23. The van der Waals surface area contributed by atoms with E-state index in [9.17, 15) is 18.8 Å². The summed E-state index contributed by atoms with van der Waals surface area (Å²) in [5, 5.41) is 0.754. The molecule has 0 saturated carbocycles. The molecule has 156 valence electrons. The van der Waals surface area contributed by atoms with Crippen LogP contribution >= 0.6 is 0 Å². The third-order valence-electron chi connectivity index (χ3n) is 4.10. The maximum atomic E-state index is 13.1. The van der Waals surface area contributed by atoms with E-state index in [1.165, 1.54) is 37.3 Å². The number of fused-ring (bicyclic) bond motifs is 1. The van der Waals surface area contributed by atoms with Crippen molar-refractivity contribution in [2.75, 3.05) is 6.61 Å². The second kappa shape index (κ2) is 9.08. The lowest BCUT2D eigenvalue weighted by Gasteiger charge is -2.15. The number of ether oxygens (including phenoxy) is 2. The first-order valence-corrected chi connectivity index (χ1v) is 9.00. The summed E-state index contributed by atoms with van der Waals surface area (Å²) in [6, 6.07) is 11.6. The van der Waals surface area contributed by atoms with Crippen molar-refractivity contribution in [1.82, 2.24) is 10.9 Å². The Balaban J connectivity index is 1.51. The van der Waals surface area contributed by atoms with Crippen molar-refractivity contribution in [3.05, 3.63) is 70.3 Å². The van der Waals surface area contributed by atoms with Crippen LogP contribution in [-0.2, 0) is 9.59 Å². The zero-order chi connectivity index (χ0) is 21.7. The normalized spacial score (nSPS) is 11.6. The summed E-state index contributed by atoms with van der Waals surface area (Å²) in [6.45, 7) is 2.86. The van der Waals surface area contributed by atoms with Crippen molar-refractivity contribution in [3.63, 3.8) is 0 Å². The molecule has 1 heterocycles. The van der Waals surface area contributed by atoms with Crippen molar-refractivity contribution in [3.8, 4) is 11.5 Å². The average molecular weight is 414 g/mol. The number of carbonyl (C=O) groups is 2. The van der Waals surface area contributed by atoms with Crippen LogP contribution in [0, 0.1) is 12.7 Å². The van der Waals surface area contributed by atoms with Crippen LogP contribution in [-0.4, -0.2) is 24.5 Å². The minimum atomic E-state index is -0.955. The average Bonchev–Trinajstić information content (AvgIpc) is 2.70. The number of aryl methyl sites for hydroxylation is 1. The molecule has 0 aliphatic heterocycles. The lowest BCUT2D eigenvalue weighted by molar-refractivity contribution is -0.133. The van der Waals surface area contributed by atoms with Gasteiger partial charge in [0.2, 0.25) is 0 Å². The second-order valence-electron chi connectivity index (χ2n) is 6.45. The molecule has 0 fully saturated rings. The van der Waals surface area contributed by atoms with Gasteiger partial charge in [-0.3, -0.25) is 20.4 Å². The maximum absolute atomic E-state index is 13.1. The van der Waals surface area contributed by atoms with E-state index in [-0.39, 0.29) is 5.75 Å². The molecule has 30 heavy (non-hydrogen) atoms. The van der Waals surface area contributed by atoms with Gasteiger partial charge in [0.25, 0.3) is 11.8 Å². The SMILES string of the molecule is Cc1cc(=O)oc2cc(O[C@H](C)C(=O)NNC(=O)COc3cccc(F)c3)ccc12. The molecule has 1 atom stereocenters. The van der Waals surface area contributed by atoms with Crippen LogP contribution in [0.5, 0.6) is 11.5 Å². The van der Waals surface area contributed by atoms with Gasteiger partial charge in [0.1, 0.15) is 22.9 Å². The smallest absolute Gasteiger partial charge is 0.336 e. The molecule has 3 aromatic rings. The number of hydrazine groups is 1. The van der Waals surface area contributed by atoms with E-state index in [1.807, 2.05) is 0 Å². The molecule has 0 radical (unpaired) electrons. The van der Waals surface area contributed by atoms with Crippen molar-refractivity contribution < 1.29 is 27.9 Å². The largest absolute Gasteiger partial charge is 0.484 e. The standard InChI is InChI=1S/C21H19FN2O6/c1-12-8-20(26)30-18-10-16(6-7-17(12)18)29-13(2)21(27)24-23-19(25)11-28-15-5-3-4-14(22)9-15/h3-10,13H,11H2,1-2H3,(H,23,25)(H,24,27)/t13-/m1/s1. The molecule has 2 amide bonds. The van der Waals surface area contributed by atoms with Gasteiger partial charge in [-0.05, 0) is 43.7 Å².